The van der Waals surface area contributed by atoms with E-state index in [0.717, 1.165) is 43.8 Å². The normalized spacial score (nSPS) is 22.3. The van der Waals surface area contributed by atoms with Gasteiger partial charge in [-0.1, -0.05) is 36.4 Å². The maximum Gasteiger partial charge on any atom is 0.242 e. The molecule has 1 aromatic carbocycles. The van der Waals surface area contributed by atoms with E-state index in [-0.39, 0.29) is 17.4 Å². The number of nitrogens with zero attached hydrogens (tertiary/aromatic N) is 4. The van der Waals surface area contributed by atoms with Gasteiger partial charge >= 0.3 is 0 Å². The van der Waals surface area contributed by atoms with Crippen LogP contribution in [0.1, 0.15) is 24.1 Å². The van der Waals surface area contributed by atoms with Crippen molar-refractivity contribution in [3.8, 4) is 0 Å². The van der Waals surface area contributed by atoms with E-state index in [1.54, 1.807) is 0 Å². The number of imidazole rings is 1. The molecule has 0 saturated carbocycles. The van der Waals surface area contributed by atoms with Crippen LogP contribution < -0.4 is 0 Å². The van der Waals surface area contributed by atoms with Crippen LogP contribution in [0, 0.1) is 0 Å². The predicted octanol–water partition coefficient (Wildman–Crippen LogP) is 2.57. The number of carbonyl (C=O) groups is 1. The molecule has 5 rings (SSSR count). The molecule has 6 heteroatoms. The number of pyridine rings is 1. The lowest BCUT2D eigenvalue weighted by Gasteiger charge is -2.43. The third-order valence-corrected chi connectivity index (χ3v) is 6.79. The van der Waals surface area contributed by atoms with Gasteiger partial charge in [0.05, 0.1) is 18.9 Å². The minimum Gasteiger partial charge on any atom is -0.378 e. The third-order valence-electron chi connectivity index (χ3n) is 6.79. The Morgan fingerprint density at radius 2 is 1.83 bits per heavy atom. The number of piperidine rings is 1. The molecule has 0 spiro atoms. The number of rotatable bonds is 3. The second kappa shape index (κ2) is 7.85. The number of likely N-dealkylation sites (N-methyl/N-ethyl adjacent to an activating group) is 1. The Labute approximate surface area is 177 Å². The zero-order chi connectivity index (χ0) is 20.6. The molecule has 2 aromatic heterocycles. The molecule has 0 radical (unpaired) electrons. The fourth-order valence-corrected chi connectivity index (χ4v) is 4.88. The van der Waals surface area contributed by atoms with Crippen LogP contribution in [-0.4, -0.2) is 71.0 Å². The number of benzene rings is 1. The summed E-state index contributed by atoms with van der Waals surface area (Å²) in [6.45, 7) is 3.45. The van der Waals surface area contributed by atoms with Gasteiger partial charge in [-0.3, -0.25) is 9.69 Å². The van der Waals surface area contributed by atoms with E-state index in [0.29, 0.717) is 13.2 Å². The van der Waals surface area contributed by atoms with Crippen LogP contribution in [0.3, 0.4) is 0 Å². The molecule has 1 atom stereocenters. The number of amides is 1. The Bertz CT molecular complexity index is 991. The summed E-state index contributed by atoms with van der Waals surface area (Å²) in [4.78, 5) is 22.3. The summed E-state index contributed by atoms with van der Waals surface area (Å²) in [5.41, 5.74) is 3.14. The molecule has 0 unspecified atom stereocenters. The summed E-state index contributed by atoms with van der Waals surface area (Å²) in [6.07, 6.45) is 5.93. The number of ether oxygens (including phenoxy) is 1. The zero-order valence-electron chi connectivity index (χ0n) is 17.4. The minimum absolute atomic E-state index is 0.168. The van der Waals surface area contributed by atoms with Gasteiger partial charge < -0.3 is 14.0 Å². The van der Waals surface area contributed by atoms with Crippen molar-refractivity contribution in [2.24, 2.45) is 0 Å². The Kier molecular flexibility index (Phi) is 5.05. The van der Waals surface area contributed by atoms with Gasteiger partial charge in [0.2, 0.25) is 5.91 Å². The molecule has 4 heterocycles. The van der Waals surface area contributed by atoms with Gasteiger partial charge in [-0.05, 0) is 37.6 Å². The highest BCUT2D eigenvalue weighted by Gasteiger charge is 2.42. The van der Waals surface area contributed by atoms with Gasteiger partial charge in [-0.25, -0.2) is 4.98 Å². The molecular weight excluding hydrogens is 376 g/mol. The van der Waals surface area contributed by atoms with Crippen molar-refractivity contribution in [3.63, 3.8) is 0 Å². The van der Waals surface area contributed by atoms with Crippen LogP contribution in [0.5, 0.6) is 0 Å². The van der Waals surface area contributed by atoms with Crippen LogP contribution in [0.2, 0.25) is 0 Å². The van der Waals surface area contributed by atoms with E-state index in [1.165, 1.54) is 5.56 Å². The van der Waals surface area contributed by atoms with Crippen LogP contribution in [0.15, 0.2) is 60.9 Å². The molecular formula is C24H28N4O2. The van der Waals surface area contributed by atoms with Crippen molar-refractivity contribution >= 4 is 11.6 Å². The molecule has 2 fully saturated rings. The SMILES string of the molecule is CN1CCOC[C@@H]1C(=O)N1CCC(c2ccccc2)(c2cn3ccccc3n2)CC1. The second-order valence-corrected chi connectivity index (χ2v) is 8.44. The van der Waals surface area contributed by atoms with Crippen molar-refractivity contribution in [1.29, 1.82) is 0 Å². The first-order valence-electron chi connectivity index (χ1n) is 10.7. The summed E-state index contributed by atoms with van der Waals surface area (Å²) >= 11 is 0. The number of hydrogen-bond acceptors (Lipinski definition) is 4. The molecule has 3 aromatic rings. The van der Waals surface area contributed by atoms with Gasteiger partial charge in [-0.2, -0.15) is 0 Å². The van der Waals surface area contributed by atoms with Gasteiger partial charge in [0.25, 0.3) is 0 Å². The van der Waals surface area contributed by atoms with E-state index in [2.05, 4.69) is 45.8 Å². The highest BCUT2D eigenvalue weighted by molar-refractivity contribution is 5.82. The maximum atomic E-state index is 13.2. The number of fused-ring (bicyclic) bond motifs is 1. The monoisotopic (exact) mass is 404 g/mol. The average Bonchev–Trinajstić information content (AvgIpc) is 3.24. The number of aromatic nitrogens is 2. The Balaban J connectivity index is 1.44. The molecule has 156 valence electrons. The molecule has 30 heavy (non-hydrogen) atoms. The topological polar surface area (TPSA) is 50.1 Å². The first-order chi connectivity index (χ1) is 14.7. The number of carbonyl (C=O) groups excluding carboxylic acids is 1. The zero-order valence-corrected chi connectivity index (χ0v) is 17.4. The Morgan fingerprint density at radius 1 is 1.07 bits per heavy atom. The summed E-state index contributed by atoms with van der Waals surface area (Å²) in [5.74, 6) is 0.189. The fraction of sp³-hybridized carbons (Fsp3) is 0.417. The van der Waals surface area contributed by atoms with Crippen molar-refractivity contribution in [3.05, 3.63) is 72.2 Å². The number of likely N-dealkylation sites (tertiary alicyclic amines) is 1. The van der Waals surface area contributed by atoms with Crippen LogP contribution >= 0.6 is 0 Å². The van der Waals surface area contributed by atoms with Gasteiger partial charge in [0, 0.05) is 37.4 Å². The first kappa shape index (κ1) is 19.3. The van der Waals surface area contributed by atoms with Crippen molar-refractivity contribution in [2.75, 3.05) is 39.9 Å². The molecule has 6 nitrogen and oxygen atoms in total. The smallest absolute Gasteiger partial charge is 0.242 e. The van der Waals surface area contributed by atoms with Crippen LogP contribution in [0.4, 0.5) is 0 Å². The highest BCUT2D eigenvalue weighted by atomic mass is 16.5. The van der Waals surface area contributed by atoms with Gasteiger partial charge in [-0.15, -0.1) is 0 Å². The van der Waals surface area contributed by atoms with Crippen molar-refractivity contribution in [2.45, 2.75) is 24.3 Å². The molecule has 0 bridgehead atoms. The molecule has 2 aliphatic heterocycles. The van der Waals surface area contributed by atoms with E-state index in [1.807, 2.05) is 36.3 Å². The molecule has 1 amide bonds. The highest BCUT2D eigenvalue weighted by Crippen LogP contribution is 2.41. The summed E-state index contributed by atoms with van der Waals surface area (Å²) < 4.78 is 7.66. The van der Waals surface area contributed by atoms with Crippen molar-refractivity contribution < 1.29 is 9.53 Å². The van der Waals surface area contributed by atoms with Gasteiger partial charge in [0.1, 0.15) is 11.7 Å². The molecule has 2 aliphatic rings. The molecule has 2 saturated heterocycles. The van der Waals surface area contributed by atoms with E-state index < -0.39 is 0 Å². The maximum absolute atomic E-state index is 13.2. The lowest BCUT2D eigenvalue weighted by Crippen LogP contribution is -2.56. The molecule has 0 aliphatic carbocycles. The van der Waals surface area contributed by atoms with Crippen LogP contribution in [0.25, 0.3) is 5.65 Å². The van der Waals surface area contributed by atoms with E-state index >= 15 is 0 Å². The minimum atomic E-state index is -0.182. The fourth-order valence-electron chi connectivity index (χ4n) is 4.88. The molecule has 0 N–H and O–H groups in total. The third kappa shape index (κ3) is 3.30. The largest absolute Gasteiger partial charge is 0.378 e. The Morgan fingerprint density at radius 3 is 2.57 bits per heavy atom. The predicted molar refractivity (Wildman–Crippen MR) is 115 cm³/mol. The first-order valence-corrected chi connectivity index (χ1v) is 10.7. The summed E-state index contributed by atoms with van der Waals surface area (Å²) in [5, 5.41) is 0. The lowest BCUT2D eigenvalue weighted by atomic mass is 9.70. The quantitative estimate of drug-likeness (QED) is 0.673. The van der Waals surface area contributed by atoms with E-state index in [9.17, 15) is 4.79 Å². The number of hydrogen-bond donors (Lipinski definition) is 0. The van der Waals surface area contributed by atoms with E-state index in [4.69, 9.17) is 9.72 Å². The summed E-state index contributed by atoms with van der Waals surface area (Å²) in [7, 11) is 2.01. The average molecular weight is 405 g/mol. The summed E-state index contributed by atoms with van der Waals surface area (Å²) in [6, 6.07) is 16.6. The number of morpholine rings is 1. The van der Waals surface area contributed by atoms with Gasteiger partial charge in [0.15, 0.2) is 0 Å². The lowest BCUT2D eigenvalue weighted by molar-refractivity contribution is -0.143. The van der Waals surface area contributed by atoms with Crippen LogP contribution in [-0.2, 0) is 14.9 Å². The Hall–Kier alpha value is -2.70. The standard InChI is InChI=1S/C24H28N4O2/c1-26-15-16-30-18-20(26)23(29)27-13-10-24(11-14-27,19-7-3-2-4-8-19)21-17-28-12-6-5-9-22(28)25-21/h2-9,12,17,20H,10-11,13-16,18H2,1H3/t20-/m1/s1. The second-order valence-electron chi connectivity index (χ2n) is 8.44. The van der Waals surface area contributed by atoms with Crippen molar-refractivity contribution in [1.82, 2.24) is 19.2 Å².